The van der Waals surface area contributed by atoms with Crippen LogP contribution in [0.5, 0.6) is 5.88 Å². The zero-order chi connectivity index (χ0) is 17.0. The van der Waals surface area contributed by atoms with Crippen LogP contribution in [0.2, 0.25) is 0 Å². The highest BCUT2D eigenvalue weighted by Crippen LogP contribution is 2.45. The van der Waals surface area contributed by atoms with Gasteiger partial charge in [-0.15, -0.1) is 0 Å². The smallest absolute Gasteiger partial charge is 0.232 e. The van der Waals surface area contributed by atoms with Gasteiger partial charge in [0.05, 0.1) is 31.9 Å². The van der Waals surface area contributed by atoms with Crippen LogP contribution in [-0.2, 0) is 11.3 Å². The second-order valence-electron chi connectivity index (χ2n) is 7.15. The molecule has 2 aliphatic rings. The zero-order valence-electron chi connectivity index (χ0n) is 14.5. The Bertz CT molecular complexity index is 639. The molecule has 134 valence electrons. The molecule has 0 saturated carbocycles. The number of piperidine rings is 1. The largest absolute Gasteiger partial charge is 0.476 e. The van der Waals surface area contributed by atoms with Gasteiger partial charge in [0.2, 0.25) is 5.88 Å². The summed E-state index contributed by atoms with van der Waals surface area (Å²) in [6, 6.07) is 2.05. The first-order valence-corrected chi connectivity index (χ1v) is 9.04. The van der Waals surface area contributed by atoms with Gasteiger partial charge >= 0.3 is 0 Å². The summed E-state index contributed by atoms with van der Waals surface area (Å²) in [5, 5.41) is 0. The molecule has 2 aromatic heterocycles. The van der Waals surface area contributed by atoms with E-state index in [2.05, 4.69) is 20.9 Å². The van der Waals surface area contributed by atoms with E-state index in [9.17, 15) is 0 Å². The van der Waals surface area contributed by atoms with Crippen molar-refractivity contribution < 1.29 is 13.9 Å². The molecule has 2 fully saturated rings. The Morgan fingerprint density at radius 1 is 1.24 bits per heavy atom. The summed E-state index contributed by atoms with van der Waals surface area (Å²) in [4.78, 5) is 10.8. The second-order valence-corrected chi connectivity index (χ2v) is 7.15. The third kappa shape index (κ3) is 3.85. The van der Waals surface area contributed by atoms with Gasteiger partial charge < -0.3 is 13.9 Å². The van der Waals surface area contributed by atoms with E-state index in [4.69, 9.17) is 13.9 Å². The van der Waals surface area contributed by atoms with E-state index in [0.29, 0.717) is 23.8 Å². The lowest BCUT2D eigenvalue weighted by Crippen LogP contribution is -2.49. The summed E-state index contributed by atoms with van der Waals surface area (Å²) < 4.78 is 16.9. The summed E-state index contributed by atoms with van der Waals surface area (Å²) in [6.45, 7) is 5.51. The molecule has 6 heteroatoms. The highest BCUT2D eigenvalue weighted by molar-refractivity contribution is 5.06. The lowest BCUT2D eigenvalue weighted by atomic mass is 9.66. The third-order valence-electron chi connectivity index (χ3n) is 5.74. The van der Waals surface area contributed by atoms with Gasteiger partial charge in [-0.1, -0.05) is 0 Å². The number of ether oxygens (including phenoxy) is 2. The summed E-state index contributed by atoms with van der Waals surface area (Å²) in [7, 11) is 0. The molecule has 0 amide bonds. The maximum absolute atomic E-state index is 5.91. The zero-order valence-corrected chi connectivity index (χ0v) is 14.5. The Morgan fingerprint density at radius 3 is 2.92 bits per heavy atom. The van der Waals surface area contributed by atoms with E-state index in [1.807, 2.05) is 6.26 Å². The van der Waals surface area contributed by atoms with Crippen molar-refractivity contribution in [2.75, 3.05) is 32.9 Å². The monoisotopic (exact) mass is 343 g/mol. The number of rotatable bonds is 5. The van der Waals surface area contributed by atoms with Gasteiger partial charge in [-0.2, -0.15) is 0 Å². The van der Waals surface area contributed by atoms with E-state index in [1.54, 1.807) is 24.9 Å². The summed E-state index contributed by atoms with van der Waals surface area (Å²) in [5.74, 6) is 1.01. The molecule has 6 nitrogen and oxygen atoms in total. The first-order valence-electron chi connectivity index (χ1n) is 9.04. The number of aromatic nitrogens is 2. The van der Waals surface area contributed by atoms with Gasteiger partial charge in [0, 0.05) is 37.0 Å². The molecule has 1 unspecified atom stereocenters. The SMILES string of the molecule is c1cnc(OCC2COCCC23CCN(Cc2ccoc2)CC3)cn1. The highest BCUT2D eigenvalue weighted by atomic mass is 16.5. The molecular weight excluding hydrogens is 318 g/mol. The number of hydrogen-bond acceptors (Lipinski definition) is 6. The lowest BCUT2D eigenvalue weighted by Gasteiger charge is -2.48. The Balaban J connectivity index is 1.35. The molecule has 4 rings (SSSR count). The second kappa shape index (κ2) is 7.54. The average Bonchev–Trinajstić information content (AvgIpc) is 3.17. The molecule has 0 aliphatic carbocycles. The molecule has 0 N–H and O–H groups in total. The molecule has 0 radical (unpaired) electrons. The fraction of sp³-hybridized carbons (Fsp3) is 0.579. The van der Waals surface area contributed by atoms with Crippen molar-refractivity contribution in [2.24, 2.45) is 11.3 Å². The van der Waals surface area contributed by atoms with Crippen LogP contribution in [0.4, 0.5) is 0 Å². The first-order chi connectivity index (χ1) is 12.3. The average molecular weight is 343 g/mol. The Labute approximate surface area is 148 Å². The number of furan rings is 1. The maximum Gasteiger partial charge on any atom is 0.232 e. The topological polar surface area (TPSA) is 60.6 Å². The van der Waals surface area contributed by atoms with Crippen LogP contribution >= 0.6 is 0 Å². The van der Waals surface area contributed by atoms with Crippen LogP contribution in [0, 0.1) is 11.3 Å². The third-order valence-corrected chi connectivity index (χ3v) is 5.74. The summed E-state index contributed by atoms with van der Waals surface area (Å²) in [5.41, 5.74) is 1.58. The predicted molar refractivity (Wildman–Crippen MR) is 92.1 cm³/mol. The van der Waals surface area contributed by atoms with Crippen molar-refractivity contribution in [1.82, 2.24) is 14.9 Å². The fourth-order valence-corrected chi connectivity index (χ4v) is 4.11. The molecule has 2 aliphatic heterocycles. The van der Waals surface area contributed by atoms with Crippen molar-refractivity contribution in [3.63, 3.8) is 0 Å². The Kier molecular flexibility index (Phi) is 4.99. The molecule has 2 saturated heterocycles. The summed E-state index contributed by atoms with van der Waals surface area (Å²) >= 11 is 0. The molecule has 4 heterocycles. The molecule has 25 heavy (non-hydrogen) atoms. The van der Waals surface area contributed by atoms with Crippen LogP contribution in [0.25, 0.3) is 0 Å². The van der Waals surface area contributed by atoms with E-state index in [-0.39, 0.29) is 0 Å². The van der Waals surface area contributed by atoms with Crippen LogP contribution < -0.4 is 4.74 Å². The van der Waals surface area contributed by atoms with Crippen LogP contribution in [-0.4, -0.2) is 47.8 Å². The Morgan fingerprint density at radius 2 is 2.16 bits per heavy atom. The minimum absolute atomic E-state index is 0.327. The molecule has 0 bridgehead atoms. The van der Waals surface area contributed by atoms with Gasteiger partial charge in [0.25, 0.3) is 0 Å². The first kappa shape index (κ1) is 16.5. The highest BCUT2D eigenvalue weighted by Gasteiger charge is 2.43. The van der Waals surface area contributed by atoms with Gasteiger partial charge in [0.15, 0.2) is 0 Å². The van der Waals surface area contributed by atoms with Gasteiger partial charge in [0.1, 0.15) is 0 Å². The number of hydrogen-bond donors (Lipinski definition) is 0. The molecule has 1 spiro atoms. The number of likely N-dealkylation sites (tertiary alicyclic amines) is 1. The lowest BCUT2D eigenvalue weighted by molar-refractivity contribution is -0.0867. The Hall–Kier alpha value is -1.92. The molecule has 2 aromatic rings. The van der Waals surface area contributed by atoms with Crippen molar-refractivity contribution in [1.29, 1.82) is 0 Å². The summed E-state index contributed by atoms with van der Waals surface area (Å²) in [6.07, 6.45) is 12.1. The molecule has 1 atom stereocenters. The van der Waals surface area contributed by atoms with Gasteiger partial charge in [-0.05, 0) is 43.8 Å². The predicted octanol–water partition coefficient (Wildman–Crippen LogP) is 2.77. The van der Waals surface area contributed by atoms with E-state index >= 15 is 0 Å². The minimum Gasteiger partial charge on any atom is -0.476 e. The standard InChI is InChI=1S/C19H25N3O3/c1-9-23-13-16(1)12-22-7-2-19(3-8-22)4-10-24-14-17(19)15-25-18-11-20-5-6-21-18/h1,5-6,9,11,13,17H,2-4,7-8,10,12,14-15H2. The van der Waals surface area contributed by atoms with Gasteiger partial charge in [-0.3, -0.25) is 9.88 Å². The van der Waals surface area contributed by atoms with Crippen molar-refractivity contribution in [3.05, 3.63) is 42.7 Å². The fourth-order valence-electron chi connectivity index (χ4n) is 4.11. The van der Waals surface area contributed by atoms with Crippen molar-refractivity contribution >= 4 is 0 Å². The van der Waals surface area contributed by atoms with E-state index in [1.165, 1.54) is 18.4 Å². The normalized spacial score (nSPS) is 23.6. The van der Waals surface area contributed by atoms with Crippen LogP contribution in [0.15, 0.2) is 41.6 Å². The maximum atomic E-state index is 5.91. The van der Waals surface area contributed by atoms with E-state index in [0.717, 1.165) is 39.3 Å². The van der Waals surface area contributed by atoms with Crippen LogP contribution in [0.3, 0.4) is 0 Å². The minimum atomic E-state index is 0.327. The van der Waals surface area contributed by atoms with Crippen molar-refractivity contribution in [3.8, 4) is 5.88 Å². The van der Waals surface area contributed by atoms with Crippen molar-refractivity contribution in [2.45, 2.75) is 25.8 Å². The van der Waals surface area contributed by atoms with Crippen LogP contribution in [0.1, 0.15) is 24.8 Å². The number of nitrogens with zero attached hydrogens (tertiary/aromatic N) is 3. The molecular formula is C19H25N3O3. The molecule has 0 aromatic carbocycles. The quantitative estimate of drug-likeness (QED) is 0.832. The van der Waals surface area contributed by atoms with E-state index < -0.39 is 0 Å². The van der Waals surface area contributed by atoms with Gasteiger partial charge in [-0.25, -0.2) is 4.98 Å².